The molecule has 15 N–H and O–H groups in total. The smallest absolute Gasteiger partial charge is 0.176 e. The van der Waals surface area contributed by atoms with Gasteiger partial charge in [-0.25, -0.2) is 0 Å². The van der Waals surface area contributed by atoms with Crippen molar-refractivity contribution in [1.29, 1.82) is 0 Å². The molecule has 0 unspecified atom stereocenters. The summed E-state index contributed by atoms with van der Waals surface area (Å²) in [6.07, 6.45) is -11.6. The highest BCUT2D eigenvalue weighted by atomic mass is 16.7. The molecular formula is C17H35N5O9. The average molecular weight is 453 g/mol. The normalized spacial score (nSPS) is 54.0. The van der Waals surface area contributed by atoms with E-state index in [1.165, 1.54) is 0 Å². The molecule has 2 heterocycles. The number of hydrogen-bond acceptors (Lipinski definition) is 14. The van der Waals surface area contributed by atoms with Gasteiger partial charge in [0, 0.05) is 18.6 Å². The molecule has 14 nitrogen and oxygen atoms in total. The third kappa shape index (κ3) is 5.02. The van der Waals surface area contributed by atoms with Gasteiger partial charge in [0.1, 0.15) is 48.8 Å². The fourth-order valence-corrected chi connectivity index (χ4v) is 4.17. The third-order valence-electron chi connectivity index (χ3n) is 6.16. The van der Waals surface area contributed by atoms with E-state index in [1.54, 1.807) is 0 Å². The molecule has 2 saturated heterocycles. The maximum Gasteiger partial charge on any atom is 0.176 e. The van der Waals surface area contributed by atoms with Gasteiger partial charge in [-0.1, -0.05) is 0 Å². The van der Waals surface area contributed by atoms with E-state index >= 15 is 0 Å². The van der Waals surface area contributed by atoms with E-state index < -0.39 is 85.6 Å². The number of nitrogens with two attached hydrogens (primary N) is 5. The van der Waals surface area contributed by atoms with Gasteiger partial charge in [-0.3, -0.25) is 0 Å². The number of aliphatic hydroxyl groups excluding tert-OH is 5. The fourth-order valence-electron chi connectivity index (χ4n) is 4.17. The van der Waals surface area contributed by atoms with Gasteiger partial charge in [0.2, 0.25) is 0 Å². The quantitative estimate of drug-likeness (QED) is 0.185. The van der Waals surface area contributed by atoms with Crippen LogP contribution in [-0.4, -0.2) is 124 Å². The van der Waals surface area contributed by atoms with Gasteiger partial charge in [-0.05, 0) is 6.42 Å². The zero-order chi connectivity index (χ0) is 23.0. The summed E-state index contributed by atoms with van der Waals surface area (Å²) in [5, 5.41) is 50.7. The first-order valence-electron chi connectivity index (χ1n) is 10.3. The third-order valence-corrected chi connectivity index (χ3v) is 6.16. The molecule has 0 bridgehead atoms. The van der Waals surface area contributed by atoms with E-state index in [-0.39, 0.29) is 19.6 Å². The molecule has 0 amide bonds. The van der Waals surface area contributed by atoms with Gasteiger partial charge in [-0.2, -0.15) is 0 Å². The average Bonchev–Trinajstić information content (AvgIpc) is 2.73. The van der Waals surface area contributed by atoms with Crippen LogP contribution in [0.3, 0.4) is 0 Å². The Morgan fingerprint density at radius 2 is 1.29 bits per heavy atom. The molecule has 1 saturated carbocycles. The predicted molar refractivity (Wildman–Crippen MR) is 104 cm³/mol. The first-order chi connectivity index (χ1) is 14.6. The second-order valence-corrected chi connectivity index (χ2v) is 8.43. The number of rotatable bonds is 5. The first kappa shape index (κ1) is 25.1. The van der Waals surface area contributed by atoms with Gasteiger partial charge >= 0.3 is 0 Å². The largest absolute Gasteiger partial charge is 0.389 e. The van der Waals surface area contributed by atoms with Crippen LogP contribution >= 0.6 is 0 Å². The molecule has 0 aromatic rings. The molecule has 0 aromatic carbocycles. The van der Waals surface area contributed by atoms with E-state index in [0.717, 1.165) is 0 Å². The summed E-state index contributed by atoms with van der Waals surface area (Å²) in [5.74, 6) is 0. The van der Waals surface area contributed by atoms with Crippen LogP contribution in [0.5, 0.6) is 0 Å². The van der Waals surface area contributed by atoms with E-state index in [0.29, 0.717) is 0 Å². The van der Waals surface area contributed by atoms with E-state index in [1.807, 2.05) is 0 Å². The molecule has 1 aliphatic carbocycles. The lowest BCUT2D eigenvalue weighted by Crippen LogP contribution is -2.68. The minimum absolute atomic E-state index is 0.0915. The summed E-state index contributed by atoms with van der Waals surface area (Å²) >= 11 is 0. The minimum Gasteiger partial charge on any atom is -0.389 e. The van der Waals surface area contributed by atoms with Crippen molar-refractivity contribution < 1.29 is 44.5 Å². The van der Waals surface area contributed by atoms with Gasteiger partial charge in [-0.15, -0.1) is 0 Å². The lowest BCUT2D eigenvalue weighted by atomic mass is 9.84. The Bertz CT molecular complexity index is 592. The molecule has 2 aliphatic heterocycles. The molecule has 0 radical (unpaired) electrons. The molecule has 14 atom stereocenters. The molecule has 3 fully saturated rings. The first-order valence-corrected chi connectivity index (χ1v) is 10.3. The number of hydrogen-bond donors (Lipinski definition) is 10. The van der Waals surface area contributed by atoms with Crippen molar-refractivity contribution in [3.05, 3.63) is 0 Å². The van der Waals surface area contributed by atoms with Crippen molar-refractivity contribution >= 4 is 0 Å². The van der Waals surface area contributed by atoms with Crippen LogP contribution in [0.25, 0.3) is 0 Å². The molecule has 0 aromatic heterocycles. The molecule has 0 spiro atoms. The second kappa shape index (κ2) is 10.1. The Kier molecular flexibility index (Phi) is 8.21. The number of ether oxygens (including phenoxy) is 4. The van der Waals surface area contributed by atoms with Crippen molar-refractivity contribution in [2.75, 3.05) is 13.2 Å². The van der Waals surface area contributed by atoms with E-state index in [2.05, 4.69) is 0 Å². The van der Waals surface area contributed by atoms with Crippen molar-refractivity contribution in [2.24, 2.45) is 28.7 Å². The van der Waals surface area contributed by atoms with Crippen LogP contribution in [-0.2, 0) is 18.9 Å². The standard InChI is InChI=1S/C17H35N5O9/c18-2-7-11(25)12(26)9(22)17(29-7)31-15-5(20)1-4(19)14(13(15)27)30-16-8(21)10(24)6(23)3-28-16/h4-17,23-27H,1-3,18-22H2/t4-,5+,6-,7+,8+,9-,10+,11+,12-,13+,14+,15-,16-,17-/m1/s1. The summed E-state index contributed by atoms with van der Waals surface area (Å²) in [5.41, 5.74) is 29.6. The van der Waals surface area contributed by atoms with Gasteiger partial charge < -0.3 is 73.1 Å². The lowest BCUT2D eigenvalue weighted by molar-refractivity contribution is -0.302. The Hall–Kier alpha value is -0.560. The zero-order valence-electron chi connectivity index (χ0n) is 17.0. The monoisotopic (exact) mass is 453 g/mol. The number of aliphatic hydroxyl groups is 5. The highest BCUT2D eigenvalue weighted by molar-refractivity contribution is 5.01. The molecule has 31 heavy (non-hydrogen) atoms. The van der Waals surface area contributed by atoms with Gasteiger partial charge in [0.05, 0.1) is 18.7 Å². The zero-order valence-corrected chi connectivity index (χ0v) is 17.0. The predicted octanol–water partition coefficient (Wildman–Crippen LogP) is -6.69. The summed E-state index contributed by atoms with van der Waals surface area (Å²) in [6.45, 7) is -0.297. The Labute approximate surface area is 179 Å². The topological polar surface area (TPSA) is 268 Å². The van der Waals surface area contributed by atoms with E-state index in [4.69, 9.17) is 47.6 Å². The molecule has 14 heteroatoms. The Morgan fingerprint density at radius 3 is 1.87 bits per heavy atom. The van der Waals surface area contributed by atoms with Gasteiger partial charge in [0.25, 0.3) is 0 Å². The SMILES string of the molecule is NC[C@@H]1O[C@H](O[C@H]2[C@@H](O)[C@@H](O[C@H]3OC[C@@H](O)[C@H](O)[C@@H]3N)[C@H](N)C[C@@H]2N)[C@H](N)[C@@H](O)[C@H]1O. The lowest BCUT2D eigenvalue weighted by Gasteiger charge is -2.47. The molecular weight excluding hydrogens is 418 g/mol. The summed E-state index contributed by atoms with van der Waals surface area (Å²) < 4.78 is 22.5. The van der Waals surface area contributed by atoms with Crippen LogP contribution in [0.4, 0.5) is 0 Å². The van der Waals surface area contributed by atoms with Crippen LogP contribution in [0.1, 0.15) is 6.42 Å². The van der Waals surface area contributed by atoms with Crippen molar-refractivity contribution in [1.82, 2.24) is 0 Å². The highest BCUT2D eigenvalue weighted by Crippen LogP contribution is 2.30. The molecule has 3 rings (SSSR count). The van der Waals surface area contributed by atoms with Crippen LogP contribution in [0, 0.1) is 0 Å². The van der Waals surface area contributed by atoms with Crippen molar-refractivity contribution in [3.63, 3.8) is 0 Å². The van der Waals surface area contributed by atoms with Crippen LogP contribution in [0.15, 0.2) is 0 Å². The van der Waals surface area contributed by atoms with Gasteiger partial charge in [0.15, 0.2) is 12.6 Å². The van der Waals surface area contributed by atoms with E-state index in [9.17, 15) is 25.5 Å². The maximum atomic E-state index is 10.9. The minimum atomic E-state index is -1.37. The van der Waals surface area contributed by atoms with Crippen LogP contribution < -0.4 is 28.7 Å². The summed E-state index contributed by atoms with van der Waals surface area (Å²) in [6, 6.07) is -3.64. The summed E-state index contributed by atoms with van der Waals surface area (Å²) in [4.78, 5) is 0. The summed E-state index contributed by atoms with van der Waals surface area (Å²) in [7, 11) is 0. The van der Waals surface area contributed by atoms with Crippen molar-refractivity contribution in [3.8, 4) is 0 Å². The second-order valence-electron chi connectivity index (χ2n) is 8.43. The maximum absolute atomic E-state index is 10.9. The highest BCUT2D eigenvalue weighted by Gasteiger charge is 2.50. The fraction of sp³-hybridized carbons (Fsp3) is 1.00. The Balaban J connectivity index is 1.70. The Morgan fingerprint density at radius 1 is 0.742 bits per heavy atom. The molecule has 182 valence electrons. The van der Waals surface area contributed by atoms with Crippen LogP contribution in [0.2, 0.25) is 0 Å². The molecule has 3 aliphatic rings. The van der Waals surface area contributed by atoms with Crippen molar-refractivity contribution in [2.45, 2.75) is 92.0 Å².